The molecule has 22 heavy (non-hydrogen) atoms. The van der Waals surface area contributed by atoms with Gasteiger partial charge < -0.3 is 9.72 Å². The molecule has 3 aromatic rings. The molecule has 112 valence electrons. The smallest absolute Gasteiger partial charge is 0.225 e. The summed E-state index contributed by atoms with van der Waals surface area (Å²) in [5.41, 5.74) is 2.80. The fourth-order valence-corrected chi connectivity index (χ4v) is 2.35. The number of hydrogen-bond donors (Lipinski definition) is 1. The van der Waals surface area contributed by atoms with Crippen LogP contribution in [-0.2, 0) is 11.2 Å². The number of nitrogens with one attached hydrogen (secondary N) is 1. The van der Waals surface area contributed by atoms with Crippen LogP contribution in [0, 0.1) is 12.7 Å². The van der Waals surface area contributed by atoms with Gasteiger partial charge >= 0.3 is 0 Å². The standard InChI is InChI=1S/C16H15FN4O/c1-11-13(21-9-3-2-4-15(21)19-11)6-8-16(22)20-14-7-5-12(17)10-18-14/h2-5,7,9-10H,6,8H2,1H3,(H,18,20,22). The maximum absolute atomic E-state index is 12.8. The Hall–Kier alpha value is -2.76. The van der Waals surface area contributed by atoms with Crippen LogP contribution in [0.4, 0.5) is 10.2 Å². The predicted molar refractivity (Wildman–Crippen MR) is 81.1 cm³/mol. The third-order valence-electron chi connectivity index (χ3n) is 3.41. The van der Waals surface area contributed by atoms with Crippen LogP contribution in [0.5, 0.6) is 0 Å². The Balaban J connectivity index is 1.67. The molecule has 0 unspecified atom stereocenters. The van der Waals surface area contributed by atoms with Gasteiger partial charge in [-0.3, -0.25) is 4.79 Å². The first kappa shape index (κ1) is 14.2. The zero-order valence-electron chi connectivity index (χ0n) is 12.1. The minimum atomic E-state index is -0.431. The highest BCUT2D eigenvalue weighted by atomic mass is 19.1. The molecule has 1 amide bonds. The molecule has 3 heterocycles. The summed E-state index contributed by atoms with van der Waals surface area (Å²) in [6.45, 7) is 1.93. The van der Waals surface area contributed by atoms with E-state index in [0.29, 0.717) is 18.7 Å². The van der Waals surface area contributed by atoms with Gasteiger partial charge in [-0.1, -0.05) is 6.07 Å². The van der Waals surface area contributed by atoms with Crippen molar-refractivity contribution in [2.75, 3.05) is 5.32 Å². The second kappa shape index (κ2) is 5.93. The lowest BCUT2D eigenvalue weighted by Crippen LogP contribution is -2.14. The van der Waals surface area contributed by atoms with Crippen molar-refractivity contribution in [3.63, 3.8) is 0 Å². The van der Waals surface area contributed by atoms with E-state index in [2.05, 4.69) is 15.3 Å². The zero-order valence-corrected chi connectivity index (χ0v) is 12.1. The molecule has 1 N–H and O–H groups in total. The molecule has 5 nitrogen and oxygen atoms in total. The van der Waals surface area contributed by atoms with E-state index in [4.69, 9.17) is 0 Å². The Morgan fingerprint density at radius 1 is 1.32 bits per heavy atom. The van der Waals surface area contributed by atoms with Crippen molar-refractivity contribution in [1.29, 1.82) is 0 Å². The van der Waals surface area contributed by atoms with Crippen molar-refractivity contribution in [1.82, 2.24) is 14.4 Å². The number of hydrogen-bond acceptors (Lipinski definition) is 3. The SMILES string of the molecule is Cc1nc2ccccn2c1CCC(=O)Nc1ccc(F)cn1. The van der Waals surface area contributed by atoms with Gasteiger partial charge in [0.2, 0.25) is 5.91 Å². The summed E-state index contributed by atoms with van der Waals surface area (Å²) in [6, 6.07) is 8.49. The lowest BCUT2D eigenvalue weighted by atomic mass is 10.2. The number of amides is 1. The molecule has 3 aromatic heterocycles. The van der Waals surface area contributed by atoms with Gasteiger partial charge in [-0.25, -0.2) is 14.4 Å². The van der Waals surface area contributed by atoms with E-state index in [1.54, 1.807) is 0 Å². The molecule has 0 saturated heterocycles. The number of carbonyl (C=O) groups excluding carboxylic acids is 1. The molecular formula is C16H15FN4O. The topological polar surface area (TPSA) is 59.3 Å². The number of pyridine rings is 2. The Kier molecular flexibility index (Phi) is 3.82. The molecule has 0 spiro atoms. The summed E-state index contributed by atoms with van der Waals surface area (Å²) in [6.07, 6.45) is 3.89. The van der Waals surface area contributed by atoms with Gasteiger partial charge in [0.05, 0.1) is 11.9 Å². The molecule has 0 aliphatic heterocycles. The molecule has 0 atom stereocenters. The second-order valence-corrected chi connectivity index (χ2v) is 4.98. The number of carbonyl (C=O) groups is 1. The van der Waals surface area contributed by atoms with Gasteiger partial charge in [0.25, 0.3) is 0 Å². The van der Waals surface area contributed by atoms with Gasteiger partial charge in [-0.2, -0.15) is 0 Å². The number of fused-ring (bicyclic) bond motifs is 1. The Morgan fingerprint density at radius 3 is 2.95 bits per heavy atom. The zero-order chi connectivity index (χ0) is 15.5. The lowest BCUT2D eigenvalue weighted by molar-refractivity contribution is -0.116. The van der Waals surface area contributed by atoms with Crippen LogP contribution in [0.15, 0.2) is 42.7 Å². The van der Waals surface area contributed by atoms with Gasteiger partial charge in [0.15, 0.2) is 0 Å². The highest BCUT2D eigenvalue weighted by Gasteiger charge is 2.11. The van der Waals surface area contributed by atoms with Crippen molar-refractivity contribution in [2.45, 2.75) is 19.8 Å². The lowest BCUT2D eigenvalue weighted by Gasteiger charge is -2.05. The summed E-state index contributed by atoms with van der Waals surface area (Å²) < 4.78 is 14.8. The van der Waals surface area contributed by atoms with Crippen LogP contribution in [-0.4, -0.2) is 20.3 Å². The van der Waals surface area contributed by atoms with Crippen LogP contribution < -0.4 is 5.32 Å². The van der Waals surface area contributed by atoms with Crippen molar-refractivity contribution in [3.8, 4) is 0 Å². The normalized spacial score (nSPS) is 10.8. The summed E-state index contributed by atoms with van der Waals surface area (Å²) >= 11 is 0. The molecule has 6 heteroatoms. The number of halogens is 1. The number of rotatable bonds is 4. The summed E-state index contributed by atoms with van der Waals surface area (Å²) in [4.78, 5) is 20.2. The average molecular weight is 298 g/mol. The summed E-state index contributed by atoms with van der Waals surface area (Å²) in [5, 5.41) is 2.65. The van der Waals surface area contributed by atoms with Crippen molar-refractivity contribution < 1.29 is 9.18 Å². The number of nitrogens with zero attached hydrogens (tertiary/aromatic N) is 3. The van der Waals surface area contributed by atoms with Crippen molar-refractivity contribution >= 4 is 17.4 Å². The van der Waals surface area contributed by atoms with E-state index in [1.165, 1.54) is 12.1 Å². The van der Waals surface area contributed by atoms with Crippen LogP contribution in [0.3, 0.4) is 0 Å². The number of aromatic nitrogens is 3. The summed E-state index contributed by atoms with van der Waals surface area (Å²) in [5.74, 6) is -0.245. The molecule has 0 radical (unpaired) electrons. The van der Waals surface area contributed by atoms with Crippen LogP contribution in [0.25, 0.3) is 5.65 Å². The van der Waals surface area contributed by atoms with Gasteiger partial charge in [0, 0.05) is 18.3 Å². The molecular weight excluding hydrogens is 283 g/mol. The average Bonchev–Trinajstić information content (AvgIpc) is 2.83. The first-order chi connectivity index (χ1) is 10.6. The fraction of sp³-hybridized carbons (Fsp3) is 0.188. The maximum atomic E-state index is 12.8. The second-order valence-electron chi connectivity index (χ2n) is 4.98. The van der Waals surface area contributed by atoms with Crippen LogP contribution in [0.1, 0.15) is 17.8 Å². The first-order valence-electron chi connectivity index (χ1n) is 6.97. The van der Waals surface area contributed by atoms with E-state index in [0.717, 1.165) is 23.2 Å². The number of anilines is 1. The van der Waals surface area contributed by atoms with Gasteiger partial charge in [0.1, 0.15) is 17.3 Å². The molecule has 0 bridgehead atoms. The van der Waals surface area contributed by atoms with E-state index < -0.39 is 5.82 Å². The third kappa shape index (κ3) is 2.95. The highest BCUT2D eigenvalue weighted by molar-refractivity contribution is 5.89. The Labute approximate surface area is 126 Å². The van der Waals surface area contributed by atoms with Gasteiger partial charge in [-0.15, -0.1) is 0 Å². The number of aryl methyl sites for hydroxylation is 2. The van der Waals surface area contributed by atoms with Crippen LogP contribution in [0.2, 0.25) is 0 Å². The minimum absolute atomic E-state index is 0.163. The monoisotopic (exact) mass is 298 g/mol. The molecule has 0 aliphatic carbocycles. The Bertz CT molecular complexity index is 811. The number of imidazole rings is 1. The van der Waals surface area contributed by atoms with Crippen molar-refractivity contribution in [2.24, 2.45) is 0 Å². The highest BCUT2D eigenvalue weighted by Crippen LogP contribution is 2.14. The van der Waals surface area contributed by atoms with E-state index in [9.17, 15) is 9.18 Å². The maximum Gasteiger partial charge on any atom is 0.225 e. The van der Waals surface area contributed by atoms with E-state index >= 15 is 0 Å². The Morgan fingerprint density at radius 2 is 2.18 bits per heavy atom. The molecule has 0 aromatic carbocycles. The molecule has 0 aliphatic rings. The molecule has 3 rings (SSSR count). The predicted octanol–water partition coefficient (Wildman–Crippen LogP) is 2.75. The first-order valence-corrected chi connectivity index (χ1v) is 6.97. The molecule has 0 saturated carbocycles. The minimum Gasteiger partial charge on any atom is -0.311 e. The third-order valence-corrected chi connectivity index (χ3v) is 3.41. The van der Waals surface area contributed by atoms with Crippen LogP contribution >= 0.6 is 0 Å². The fourth-order valence-electron chi connectivity index (χ4n) is 2.35. The van der Waals surface area contributed by atoms with E-state index in [-0.39, 0.29) is 5.91 Å². The largest absolute Gasteiger partial charge is 0.311 e. The quantitative estimate of drug-likeness (QED) is 0.805. The van der Waals surface area contributed by atoms with E-state index in [1.807, 2.05) is 35.7 Å². The molecule has 0 fully saturated rings. The summed E-state index contributed by atoms with van der Waals surface area (Å²) in [7, 11) is 0. The van der Waals surface area contributed by atoms with Crippen molar-refractivity contribution in [3.05, 3.63) is 59.9 Å². The van der Waals surface area contributed by atoms with Gasteiger partial charge in [-0.05, 0) is 37.6 Å².